The van der Waals surface area contributed by atoms with Crippen LogP contribution in [0.4, 0.5) is 0 Å². The van der Waals surface area contributed by atoms with Crippen LogP contribution in [0, 0.1) is 13.8 Å². The van der Waals surface area contributed by atoms with Gasteiger partial charge in [0.25, 0.3) is 0 Å². The summed E-state index contributed by atoms with van der Waals surface area (Å²) in [5, 5.41) is 19.3. The van der Waals surface area contributed by atoms with Crippen molar-refractivity contribution >= 4 is 17.6 Å². The smallest absolute Gasteiger partial charge is 0.304 e. The number of carbonyl (C=O) groups is 1. The number of fused-ring (bicyclic) bond motifs is 1. The largest absolute Gasteiger partial charge is 0.506 e. The molecule has 0 aliphatic carbocycles. The molecular formula is C25H23ClO5. The van der Waals surface area contributed by atoms with Gasteiger partial charge < -0.3 is 19.7 Å². The van der Waals surface area contributed by atoms with Gasteiger partial charge in [-0.25, -0.2) is 0 Å². The average Bonchev–Trinajstić information content (AvgIpc) is 3.12. The molecule has 3 aromatic carbocycles. The Bertz CT molecular complexity index is 1150. The van der Waals surface area contributed by atoms with Crippen LogP contribution in [0.15, 0.2) is 48.5 Å². The summed E-state index contributed by atoms with van der Waals surface area (Å²) in [6, 6.07) is 15.2. The van der Waals surface area contributed by atoms with Crippen molar-refractivity contribution in [3.05, 3.63) is 75.8 Å². The van der Waals surface area contributed by atoms with Gasteiger partial charge in [-0.05, 0) is 59.9 Å². The minimum atomic E-state index is -0.831. The molecule has 160 valence electrons. The van der Waals surface area contributed by atoms with E-state index in [1.807, 2.05) is 50.2 Å². The molecule has 0 saturated heterocycles. The van der Waals surface area contributed by atoms with Crippen LogP contribution >= 0.6 is 11.6 Å². The second-order valence-corrected chi connectivity index (χ2v) is 8.20. The van der Waals surface area contributed by atoms with Gasteiger partial charge in [-0.2, -0.15) is 0 Å². The first-order valence-corrected chi connectivity index (χ1v) is 10.4. The van der Waals surface area contributed by atoms with Gasteiger partial charge in [0.15, 0.2) is 0 Å². The van der Waals surface area contributed by atoms with Crippen molar-refractivity contribution < 1.29 is 24.5 Å². The molecule has 0 saturated carbocycles. The van der Waals surface area contributed by atoms with Crippen molar-refractivity contribution in [3.8, 4) is 28.4 Å². The summed E-state index contributed by atoms with van der Waals surface area (Å²) in [6.45, 7) is 4.59. The number of hydrogen-bond donors (Lipinski definition) is 2. The zero-order valence-corrected chi connectivity index (χ0v) is 18.1. The maximum absolute atomic E-state index is 11.0. The fourth-order valence-electron chi connectivity index (χ4n) is 4.09. The van der Waals surface area contributed by atoms with Crippen LogP contribution in [-0.4, -0.2) is 22.8 Å². The van der Waals surface area contributed by atoms with Gasteiger partial charge in [0.2, 0.25) is 0 Å². The molecule has 6 heteroatoms. The summed E-state index contributed by atoms with van der Waals surface area (Å²) in [6.07, 6.45) is 0.0557. The van der Waals surface area contributed by atoms with Gasteiger partial charge in [-0.1, -0.05) is 35.9 Å². The second kappa shape index (κ2) is 8.52. The van der Waals surface area contributed by atoms with Crippen LogP contribution in [0.5, 0.6) is 17.2 Å². The van der Waals surface area contributed by atoms with Crippen molar-refractivity contribution in [3.63, 3.8) is 0 Å². The molecular weight excluding hydrogens is 416 g/mol. The summed E-state index contributed by atoms with van der Waals surface area (Å²) < 4.78 is 11.6. The Morgan fingerprint density at radius 2 is 2.00 bits per heavy atom. The van der Waals surface area contributed by atoms with E-state index in [2.05, 4.69) is 6.07 Å². The van der Waals surface area contributed by atoms with E-state index in [4.69, 9.17) is 26.2 Å². The lowest BCUT2D eigenvalue weighted by Crippen LogP contribution is -2.07. The number of ether oxygens (including phenoxy) is 2. The molecule has 1 aliphatic heterocycles. The number of phenols is 1. The first-order chi connectivity index (χ1) is 14.8. The lowest BCUT2D eigenvalue weighted by molar-refractivity contribution is -0.137. The van der Waals surface area contributed by atoms with Crippen molar-refractivity contribution in [2.24, 2.45) is 0 Å². The highest BCUT2D eigenvalue weighted by Crippen LogP contribution is 2.39. The minimum Gasteiger partial charge on any atom is -0.506 e. The summed E-state index contributed by atoms with van der Waals surface area (Å²) in [7, 11) is 0. The maximum atomic E-state index is 11.0. The molecule has 1 heterocycles. The van der Waals surface area contributed by atoms with Gasteiger partial charge in [-0.15, -0.1) is 0 Å². The number of aliphatic carboxylic acids is 1. The normalized spacial score (nSPS) is 14.7. The fraction of sp³-hybridized carbons (Fsp3) is 0.240. The zero-order chi connectivity index (χ0) is 22.1. The zero-order valence-electron chi connectivity index (χ0n) is 17.3. The summed E-state index contributed by atoms with van der Waals surface area (Å²) in [5.74, 6) is 0.482. The molecule has 0 amide bonds. The molecule has 5 nitrogen and oxygen atoms in total. The Morgan fingerprint density at radius 1 is 1.19 bits per heavy atom. The molecule has 2 N–H and O–H groups in total. The quantitative estimate of drug-likeness (QED) is 0.504. The Hall–Kier alpha value is -3.18. The van der Waals surface area contributed by atoms with Gasteiger partial charge >= 0.3 is 5.97 Å². The molecule has 4 rings (SSSR count). The van der Waals surface area contributed by atoms with E-state index in [1.54, 1.807) is 6.07 Å². The summed E-state index contributed by atoms with van der Waals surface area (Å²) in [5.41, 5.74) is 5.69. The number of hydrogen-bond acceptors (Lipinski definition) is 4. The fourth-order valence-corrected chi connectivity index (χ4v) is 4.24. The van der Waals surface area contributed by atoms with Crippen molar-refractivity contribution in [1.29, 1.82) is 0 Å². The number of rotatable bonds is 6. The van der Waals surface area contributed by atoms with Crippen LogP contribution < -0.4 is 9.47 Å². The molecule has 31 heavy (non-hydrogen) atoms. The van der Waals surface area contributed by atoms with Gasteiger partial charge in [-0.3, -0.25) is 4.79 Å². The Kier molecular flexibility index (Phi) is 5.79. The molecule has 1 atom stereocenters. The molecule has 0 spiro atoms. The lowest BCUT2D eigenvalue weighted by Gasteiger charge is -2.14. The third-order valence-corrected chi connectivity index (χ3v) is 6.06. The Balaban J connectivity index is 1.51. The lowest BCUT2D eigenvalue weighted by atomic mass is 9.94. The van der Waals surface area contributed by atoms with E-state index in [1.165, 1.54) is 0 Å². The number of benzene rings is 3. The highest BCUT2D eigenvalue weighted by atomic mass is 35.5. The highest BCUT2D eigenvalue weighted by Gasteiger charge is 2.26. The summed E-state index contributed by atoms with van der Waals surface area (Å²) in [4.78, 5) is 11.0. The molecule has 0 unspecified atom stereocenters. The average molecular weight is 439 g/mol. The predicted octanol–water partition coefficient (Wildman–Crippen LogP) is 5.86. The van der Waals surface area contributed by atoms with Crippen molar-refractivity contribution in [1.82, 2.24) is 0 Å². The van der Waals surface area contributed by atoms with Gasteiger partial charge in [0.1, 0.15) is 23.9 Å². The number of halogens is 1. The second-order valence-electron chi connectivity index (χ2n) is 7.82. The highest BCUT2D eigenvalue weighted by molar-refractivity contribution is 6.33. The summed E-state index contributed by atoms with van der Waals surface area (Å²) >= 11 is 6.25. The van der Waals surface area contributed by atoms with Crippen molar-refractivity contribution in [2.45, 2.75) is 32.8 Å². The number of phenolic OH excluding ortho intramolecular Hbond substituents is 1. The van der Waals surface area contributed by atoms with E-state index in [-0.39, 0.29) is 18.1 Å². The number of carboxylic acid groups (broad SMARTS) is 1. The molecule has 0 radical (unpaired) electrons. The SMILES string of the molecule is Cc1cc(O)c(Cl)c(C)c1-c1cccc(COc2ccc3c(c2)OC[C@H]3CC(=O)O)c1. The number of aromatic hydroxyl groups is 1. The predicted molar refractivity (Wildman–Crippen MR) is 119 cm³/mol. The standard InChI is InChI=1S/C25H23ClO5/c1-14-8-21(27)25(26)15(2)24(14)17-5-3-4-16(9-17)12-30-19-6-7-20-18(10-23(28)29)13-31-22(20)11-19/h3-9,11,18,27H,10,12-13H2,1-2H3,(H,28,29)/t18-/m1/s1. The van der Waals surface area contributed by atoms with Gasteiger partial charge in [0.05, 0.1) is 18.1 Å². The van der Waals surface area contributed by atoms with Crippen LogP contribution in [0.25, 0.3) is 11.1 Å². The Labute approximate surface area is 185 Å². The Morgan fingerprint density at radius 3 is 2.77 bits per heavy atom. The van der Waals surface area contributed by atoms with E-state index in [0.717, 1.165) is 33.4 Å². The number of aryl methyl sites for hydroxylation is 1. The topological polar surface area (TPSA) is 76.0 Å². The van der Waals surface area contributed by atoms with E-state index in [0.29, 0.717) is 29.7 Å². The minimum absolute atomic E-state index is 0.0557. The molecule has 1 aliphatic rings. The van der Waals surface area contributed by atoms with E-state index >= 15 is 0 Å². The molecule has 0 fully saturated rings. The maximum Gasteiger partial charge on any atom is 0.304 e. The molecule has 0 bridgehead atoms. The number of carboxylic acids is 1. The van der Waals surface area contributed by atoms with Crippen LogP contribution in [0.1, 0.15) is 34.6 Å². The van der Waals surface area contributed by atoms with E-state index in [9.17, 15) is 9.90 Å². The van der Waals surface area contributed by atoms with Crippen LogP contribution in [-0.2, 0) is 11.4 Å². The first kappa shape index (κ1) is 21.1. The first-order valence-electron chi connectivity index (χ1n) is 10.0. The molecule has 3 aromatic rings. The van der Waals surface area contributed by atoms with Crippen LogP contribution in [0.2, 0.25) is 5.02 Å². The third kappa shape index (κ3) is 4.32. The van der Waals surface area contributed by atoms with Crippen LogP contribution in [0.3, 0.4) is 0 Å². The monoisotopic (exact) mass is 438 g/mol. The van der Waals surface area contributed by atoms with Crippen molar-refractivity contribution in [2.75, 3.05) is 6.61 Å². The third-order valence-electron chi connectivity index (χ3n) is 5.58. The van der Waals surface area contributed by atoms with E-state index < -0.39 is 5.97 Å². The molecule has 0 aromatic heterocycles. The van der Waals surface area contributed by atoms with Gasteiger partial charge in [0, 0.05) is 17.5 Å².